The largest absolute Gasteiger partial charge is 0.345 e. The van der Waals surface area contributed by atoms with E-state index in [0.29, 0.717) is 12.3 Å². The number of nitrogens with zero attached hydrogens (tertiary/aromatic N) is 2. The van der Waals surface area contributed by atoms with E-state index in [1.54, 1.807) is 4.90 Å². The number of hydrogen-bond acceptors (Lipinski definition) is 3. The van der Waals surface area contributed by atoms with Crippen LogP contribution >= 0.6 is 0 Å². The molecule has 0 aliphatic carbocycles. The number of carbonyl (C=O) groups is 2. The van der Waals surface area contributed by atoms with Gasteiger partial charge in [-0.15, -0.1) is 0 Å². The maximum atomic E-state index is 12.2. The van der Waals surface area contributed by atoms with Crippen molar-refractivity contribution >= 4 is 12.3 Å². The molecule has 0 aromatic heterocycles. The molecule has 2 aliphatic rings. The third-order valence-corrected chi connectivity index (χ3v) is 4.83. The number of carbonyl (C=O) groups excluding carboxylic acids is 2. The smallest absolute Gasteiger partial charge is 0.225 e. The molecule has 2 amide bonds. The molecule has 0 spiro atoms. The van der Waals surface area contributed by atoms with Gasteiger partial charge in [0.25, 0.3) is 0 Å². The summed E-state index contributed by atoms with van der Waals surface area (Å²) in [6, 6.07) is 0. The summed E-state index contributed by atoms with van der Waals surface area (Å²) in [6.07, 6.45) is 3.52. The molecule has 1 unspecified atom stereocenters. The van der Waals surface area contributed by atoms with Gasteiger partial charge in [0.2, 0.25) is 12.3 Å². The van der Waals surface area contributed by atoms with Crippen LogP contribution in [0.5, 0.6) is 0 Å². The molecule has 2 aliphatic heterocycles. The highest BCUT2D eigenvalue weighted by molar-refractivity contribution is 5.79. The van der Waals surface area contributed by atoms with Crippen LogP contribution in [0.15, 0.2) is 0 Å². The molecule has 0 saturated carbocycles. The molecule has 2 heterocycles. The van der Waals surface area contributed by atoms with Crippen LogP contribution in [0.3, 0.4) is 0 Å². The van der Waals surface area contributed by atoms with Gasteiger partial charge < -0.3 is 9.80 Å². The maximum absolute atomic E-state index is 12.2. The molecule has 108 valence electrons. The minimum atomic E-state index is -0.340. The summed E-state index contributed by atoms with van der Waals surface area (Å²) in [6.45, 7) is 7.78. The van der Waals surface area contributed by atoms with Gasteiger partial charge in [0.1, 0.15) is 0 Å². The van der Waals surface area contributed by atoms with Gasteiger partial charge in [-0.25, -0.2) is 0 Å². The third-order valence-electron chi connectivity index (χ3n) is 4.83. The predicted octanol–water partition coefficient (Wildman–Crippen LogP) is 0.801. The van der Waals surface area contributed by atoms with Crippen molar-refractivity contribution in [2.24, 2.45) is 5.92 Å². The van der Waals surface area contributed by atoms with Gasteiger partial charge in [0.05, 0.1) is 5.66 Å². The summed E-state index contributed by atoms with van der Waals surface area (Å²) in [5.74, 6) is 0.512. The van der Waals surface area contributed by atoms with Gasteiger partial charge in [-0.1, -0.05) is 0 Å². The molecule has 2 saturated heterocycles. The number of nitrogens with one attached hydrogen (secondary N) is 1. The van der Waals surface area contributed by atoms with E-state index in [2.05, 4.69) is 12.2 Å². The number of likely N-dealkylation sites (tertiary alicyclic amines) is 1. The normalized spacial score (nSPS) is 35.4. The van der Waals surface area contributed by atoms with E-state index < -0.39 is 0 Å². The average Bonchev–Trinajstić information content (AvgIpc) is 2.35. The molecule has 0 bridgehead atoms. The lowest BCUT2D eigenvalue weighted by Crippen LogP contribution is -2.71. The van der Waals surface area contributed by atoms with Gasteiger partial charge in [-0.05, 0) is 39.5 Å². The van der Waals surface area contributed by atoms with E-state index >= 15 is 0 Å². The van der Waals surface area contributed by atoms with Crippen LogP contribution in [0.4, 0.5) is 0 Å². The average molecular weight is 267 g/mol. The van der Waals surface area contributed by atoms with E-state index in [0.717, 1.165) is 32.3 Å². The van der Waals surface area contributed by atoms with Crippen LogP contribution < -0.4 is 5.32 Å². The summed E-state index contributed by atoms with van der Waals surface area (Å²) in [5, 5.41) is 3.63. The molecular formula is C14H25N3O2. The lowest BCUT2D eigenvalue weighted by molar-refractivity contribution is -0.147. The van der Waals surface area contributed by atoms with Crippen molar-refractivity contribution in [3.63, 3.8) is 0 Å². The zero-order chi connectivity index (χ0) is 14.3. The fourth-order valence-electron chi connectivity index (χ4n) is 3.44. The van der Waals surface area contributed by atoms with Gasteiger partial charge in [0, 0.05) is 32.1 Å². The standard InChI is InChI=1S/C14H25N3O2/c1-13(2)15-14(3,8-12(19)16(13)4)11-6-5-7-17(9-11)10-18/h10-11,15H,5-9H2,1-4H3/t11?,14-/m0/s1. The first-order valence-electron chi connectivity index (χ1n) is 7.04. The van der Waals surface area contributed by atoms with E-state index in [4.69, 9.17) is 0 Å². The fourth-order valence-corrected chi connectivity index (χ4v) is 3.44. The molecule has 5 nitrogen and oxygen atoms in total. The Kier molecular flexibility index (Phi) is 3.60. The Labute approximate surface area is 115 Å². The topological polar surface area (TPSA) is 52.7 Å². The maximum Gasteiger partial charge on any atom is 0.225 e. The van der Waals surface area contributed by atoms with Crippen LogP contribution in [0.25, 0.3) is 0 Å². The predicted molar refractivity (Wildman–Crippen MR) is 73.4 cm³/mol. The number of hydrogen-bond donors (Lipinski definition) is 1. The molecule has 1 N–H and O–H groups in total. The van der Waals surface area contributed by atoms with Gasteiger partial charge in [-0.3, -0.25) is 14.9 Å². The lowest BCUT2D eigenvalue weighted by atomic mass is 9.75. The minimum Gasteiger partial charge on any atom is -0.345 e. The van der Waals surface area contributed by atoms with Gasteiger partial charge >= 0.3 is 0 Å². The summed E-state index contributed by atoms with van der Waals surface area (Å²) in [5.41, 5.74) is -0.567. The second kappa shape index (κ2) is 4.78. The van der Waals surface area contributed by atoms with Crippen molar-refractivity contribution in [2.75, 3.05) is 20.1 Å². The minimum absolute atomic E-state index is 0.175. The Morgan fingerprint density at radius 3 is 2.63 bits per heavy atom. The van der Waals surface area contributed by atoms with Crippen LogP contribution in [-0.2, 0) is 9.59 Å². The molecule has 2 rings (SSSR count). The van der Waals surface area contributed by atoms with Crippen LogP contribution in [0.2, 0.25) is 0 Å². The third kappa shape index (κ3) is 2.61. The highest BCUT2D eigenvalue weighted by atomic mass is 16.2. The van der Waals surface area contributed by atoms with E-state index in [1.165, 1.54) is 0 Å². The number of amides is 2. The first-order chi connectivity index (χ1) is 8.78. The van der Waals surface area contributed by atoms with Crippen molar-refractivity contribution in [2.45, 2.75) is 51.2 Å². The van der Waals surface area contributed by atoms with Crippen molar-refractivity contribution in [1.29, 1.82) is 0 Å². The zero-order valence-electron chi connectivity index (χ0n) is 12.4. The highest BCUT2D eigenvalue weighted by Gasteiger charge is 2.47. The molecule has 0 aromatic carbocycles. The van der Waals surface area contributed by atoms with Crippen molar-refractivity contribution in [3.8, 4) is 0 Å². The lowest BCUT2D eigenvalue weighted by Gasteiger charge is -2.53. The quantitative estimate of drug-likeness (QED) is 0.753. The van der Waals surface area contributed by atoms with Crippen LogP contribution in [-0.4, -0.2) is 53.5 Å². The molecule has 2 atom stereocenters. The van der Waals surface area contributed by atoms with E-state index in [-0.39, 0.29) is 17.1 Å². The summed E-state index contributed by atoms with van der Waals surface area (Å²) in [7, 11) is 1.84. The fraction of sp³-hybridized carbons (Fsp3) is 0.857. The van der Waals surface area contributed by atoms with Crippen LogP contribution in [0, 0.1) is 5.92 Å². The Hall–Kier alpha value is -1.10. The summed E-state index contributed by atoms with van der Waals surface area (Å²) in [4.78, 5) is 26.8. The van der Waals surface area contributed by atoms with Crippen molar-refractivity contribution < 1.29 is 9.59 Å². The zero-order valence-corrected chi connectivity index (χ0v) is 12.4. The Morgan fingerprint density at radius 2 is 2.05 bits per heavy atom. The van der Waals surface area contributed by atoms with Crippen LogP contribution in [0.1, 0.15) is 40.0 Å². The Bertz CT molecular complexity index is 383. The van der Waals surface area contributed by atoms with Gasteiger partial charge in [0.15, 0.2) is 0 Å². The highest BCUT2D eigenvalue weighted by Crippen LogP contribution is 2.35. The van der Waals surface area contributed by atoms with E-state index in [1.807, 2.05) is 25.8 Å². The second-order valence-electron chi connectivity index (χ2n) is 6.67. The molecule has 0 radical (unpaired) electrons. The molecule has 0 aromatic rings. The summed E-state index contributed by atoms with van der Waals surface area (Å²) < 4.78 is 0. The van der Waals surface area contributed by atoms with E-state index in [9.17, 15) is 9.59 Å². The van der Waals surface area contributed by atoms with Crippen molar-refractivity contribution in [3.05, 3.63) is 0 Å². The molecular weight excluding hydrogens is 242 g/mol. The Morgan fingerprint density at radius 1 is 1.37 bits per heavy atom. The number of rotatable bonds is 2. The first-order valence-corrected chi connectivity index (χ1v) is 7.04. The Balaban J connectivity index is 2.18. The molecule has 2 fully saturated rings. The first kappa shape index (κ1) is 14.3. The second-order valence-corrected chi connectivity index (χ2v) is 6.67. The summed E-state index contributed by atoms with van der Waals surface area (Å²) >= 11 is 0. The van der Waals surface area contributed by atoms with Crippen molar-refractivity contribution in [1.82, 2.24) is 15.1 Å². The number of piperidine rings is 1. The van der Waals surface area contributed by atoms with Gasteiger partial charge in [-0.2, -0.15) is 0 Å². The monoisotopic (exact) mass is 267 g/mol. The SMILES string of the molecule is CN1C(=O)C[C@@](C)(C2CCCN(C=O)C2)NC1(C)C. The molecule has 19 heavy (non-hydrogen) atoms. The molecule has 5 heteroatoms.